The highest BCUT2D eigenvalue weighted by atomic mass is 79.9. The first-order valence-corrected chi connectivity index (χ1v) is 7.81. The fourth-order valence-corrected chi connectivity index (χ4v) is 3.72. The van der Waals surface area contributed by atoms with E-state index in [1.165, 1.54) is 16.5 Å². The van der Waals surface area contributed by atoms with Crippen LogP contribution in [0.15, 0.2) is 51.8 Å². The van der Waals surface area contributed by atoms with E-state index in [-0.39, 0.29) is 5.82 Å². The summed E-state index contributed by atoms with van der Waals surface area (Å²) in [4.78, 5) is 1.31. The summed E-state index contributed by atoms with van der Waals surface area (Å²) >= 11 is 5.16. The van der Waals surface area contributed by atoms with Crippen molar-refractivity contribution in [2.45, 2.75) is 10.8 Å². The molecule has 1 aliphatic rings. The van der Waals surface area contributed by atoms with Crippen LogP contribution in [-0.4, -0.2) is 12.4 Å². The van der Waals surface area contributed by atoms with Crippen molar-refractivity contribution in [3.63, 3.8) is 0 Å². The second-order valence-corrected chi connectivity index (χ2v) is 6.41. The zero-order valence-electron chi connectivity index (χ0n) is 10.1. The summed E-state index contributed by atoms with van der Waals surface area (Å²) < 4.78 is 20.1. The fourth-order valence-electron chi connectivity index (χ4n) is 2.15. The molecule has 1 nitrogen and oxygen atoms in total. The Kier molecular flexibility index (Phi) is 3.80. The molecule has 0 amide bonds. The van der Waals surface area contributed by atoms with Crippen molar-refractivity contribution in [2.75, 3.05) is 12.4 Å². The lowest BCUT2D eigenvalue weighted by molar-refractivity contribution is 0.283. The molecule has 1 aliphatic heterocycles. The van der Waals surface area contributed by atoms with Crippen molar-refractivity contribution >= 4 is 27.7 Å². The van der Waals surface area contributed by atoms with Crippen LogP contribution in [0.1, 0.15) is 11.5 Å². The standard InChI is InChI=1S/C15H12BrFOS/c16-11-5-6-13(17)14(7-11)18-8-10-9-19-15-4-2-1-3-12(10)15/h1-7,10H,8-9H2. The van der Waals surface area contributed by atoms with Gasteiger partial charge in [0.05, 0.1) is 6.61 Å². The number of rotatable bonds is 3. The number of halogens is 2. The molecular weight excluding hydrogens is 327 g/mol. The van der Waals surface area contributed by atoms with Crippen LogP contribution in [0.25, 0.3) is 0 Å². The minimum absolute atomic E-state index is 0.309. The van der Waals surface area contributed by atoms with Crippen molar-refractivity contribution in [3.05, 3.63) is 58.3 Å². The first-order chi connectivity index (χ1) is 9.24. The molecule has 0 spiro atoms. The number of fused-ring (bicyclic) bond motifs is 1. The zero-order chi connectivity index (χ0) is 13.2. The maximum Gasteiger partial charge on any atom is 0.165 e. The molecule has 4 heteroatoms. The van der Waals surface area contributed by atoms with Gasteiger partial charge < -0.3 is 4.74 Å². The van der Waals surface area contributed by atoms with E-state index in [9.17, 15) is 4.39 Å². The van der Waals surface area contributed by atoms with Gasteiger partial charge in [-0.3, -0.25) is 0 Å². The Morgan fingerprint density at radius 3 is 3.00 bits per heavy atom. The Bertz CT molecular complexity index is 602. The topological polar surface area (TPSA) is 9.23 Å². The van der Waals surface area contributed by atoms with Gasteiger partial charge in [0.1, 0.15) is 0 Å². The lowest BCUT2D eigenvalue weighted by Gasteiger charge is -2.13. The SMILES string of the molecule is Fc1ccc(Br)cc1OCC1CSc2ccccc21. The molecule has 2 aromatic rings. The molecule has 1 atom stereocenters. The van der Waals surface area contributed by atoms with E-state index >= 15 is 0 Å². The molecular formula is C15H12BrFOS. The highest BCUT2D eigenvalue weighted by molar-refractivity contribution is 9.10. The maximum atomic E-state index is 13.6. The van der Waals surface area contributed by atoms with Gasteiger partial charge in [-0.15, -0.1) is 11.8 Å². The number of hydrogen-bond acceptors (Lipinski definition) is 2. The summed E-state index contributed by atoms with van der Waals surface area (Å²) in [5.41, 5.74) is 1.31. The summed E-state index contributed by atoms with van der Waals surface area (Å²) in [5, 5.41) is 0. The Balaban J connectivity index is 1.72. The van der Waals surface area contributed by atoms with Crippen LogP contribution < -0.4 is 4.74 Å². The predicted molar refractivity (Wildman–Crippen MR) is 79.5 cm³/mol. The van der Waals surface area contributed by atoms with E-state index in [4.69, 9.17) is 4.74 Å². The molecule has 0 saturated heterocycles. The van der Waals surface area contributed by atoms with Gasteiger partial charge in [0.15, 0.2) is 11.6 Å². The van der Waals surface area contributed by atoms with E-state index in [1.807, 2.05) is 23.9 Å². The molecule has 19 heavy (non-hydrogen) atoms. The van der Waals surface area contributed by atoms with Crippen LogP contribution in [0.4, 0.5) is 4.39 Å². The molecule has 0 aromatic heterocycles. The monoisotopic (exact) mass is 338 g/mol. The number of hydrogen-bond donors (Lipinski definition) is 0. The van der Waals surface area contributed by atoms with Gasteiger partial charge in [-0.05, 0) is 29.8 Å². The number of ether oxygens (including phenoxy) is 1. The summed E-state index contributed by atoms with van der Waals surface area (Å²) in [6.45, 7) is 0.511. The van der Waals surface area contributed by atoms with Crippen LogP contribution in [0.3, 0.4) is 0 Å². The molecule has 0 radical (unpaired) electrons. The molecule has 0 bridgehead atoms. The molecule has 0 fully saturated rings. The van der Waals surface area contributed by atoms with Crippen LogP contribution in [0.2, 0.25) is 0 Å². The van der Waals surface area contributed by atoms with E-state index in [1.54, 1.807) is 12.1 Å². The smallest absolute Gasteiger partial charge is 0.165 e. The van der Waals surface area contributed by atoms with Gasteiger partial charge in [0.25, 0.3) is 0 Å². The molecule has 3 rings (SSSR count). The van der Waals surface area contributed by atoms with Gasteiger partial charge >= 0.3 is 0 Å². The number of thioether (sulfide) groups is 1. The van der Waals surface area contributed by atoms with Crippen LogP contribution in [0.5, 0.6) is 5.75 Å². The van der Waals surface area contributed by atoms with Crippen molar-refractivity contribution < 1.29 is 9.13 Å². The quantitative estimate of drug-likeness (QED) is 0.790. The summed E-state index contributed by atoms with van der Waals surface area (Å²) in [5.74, 6) is 1.32. The van der Waals surface area contributed by atoms with Crippen LogP contribution in [0, 0.1) is 5.82 Å². The van der Waals surface area contributed by atoms with Gasteiger partial charge in [-0.1, -0.05) is 34.1 Å². The van der Waals surface area contributed by atoms with Gasteiger partial charge in [0.2, 0.25) is 0 Å². The fraction of sp³-hybridized carbons (Fsp3) is 0.200. The average Bonchev–Trinajstić information content (AvgIpc) is 2.83. The third-order valence-corrected chi connectivity index (χ3v) is 4.88. The van der Waals surface area contributed by atoms with Crippen molar-refractivity contribution in [3.8, 4) is 5.75 Å². The lowest BCUT2D eigenvalue weighted by atomic mass is 10.0. The largest absolute Gasteiger partial charge is 0.490 e. The van der Waals surface area contributed by atoms with Crippen LogP contribution >= 0.6 is 27.7 Å². The maximum absolute atomic E-state index is 13.6. The molecule has 0 saturated carbocycles. The normalized spacial score (nSPS) is 17.3. The van der Waals surface area contributed by atoms with Crippen molar-refractivity contribution in [1.29, 1.82) is 0 Å². The highest BCUT2D eigenvalue weighted by Crippen LogP contribution is 2.39. The van der Waals surface area contributed by atoms with Gasteiger partial charge in [-0.2, -0.15) is 0 Å². The minimum Gasteiger partial charge on any atom is -0.490 e. The second-order valence-electron chi connectivity index (χ2n) is 4.43. The third-order valence-electron chi connectivity index (χ3n) is 3.13. The second kappa shape index (κ2) is 5.55. The summed E-state index contributed by atoms with van der Waals surface area (Å²) in [7, 11) is 0. The van der Waals surface area contributed by atoms with E-state index in [0.717, 1.165) is 10.2 Å². The highest BCUT2D eigenvalue weighted by Gasteiger charge is 2.23. The predicted octanol–water partition coefficient (Wildman–Crippen LogP) is 4.86. The van der Waals surface area contributed by atoms with Crippen molar-refractivity contribution in [2.24, 2.45) is 0 Å². The Morgan fingerprint density at radius 2 is 2.11 bits per heavy atom. The van der Waals surface area contributed by atoms with E-state index in [2.05, 4.69) is 28.1 Å². The molecule has 1 heterocycles. The van der Waals surface area contributed by atoms with Crippen LogP contribution in [-0.2, 0) is 0 Å². The molecule has 2 aromatic carbocycles. The molecule has 98 valence electrons. The summed E-state index contributed by atoms with van der Waals surface area (Å²) in [6.07, 6.45) is 0. The van der Waals surface area contributed by atoms with Crippen molar-refractivity contribution in [1.82, 2.24) is 0 Å². The molecule has 1 unspecified atom stereocenters. The first kappa shape index (κ1) is 13.0. The van der Waals surface area contributed by atoms with E-state index < -0.39 is 0 Å². The first-order valence-electron chi connectivity index (χ1n) is 6.03. The third kappa shape index (κ3) is 2.79. The summed E-state index contributed by atoms with van der Waals surface area (Å²) in [6, 6.07) is 13.1. The van der Waals surface area contributed by atoms with Gasteiger partial charge in [0, 0.05) is 21.0 Å². The Morgan fingerprint density at radius 1 is 1.26 bits per heavy atom. The van der Waals surface area contributed by atoms with Gasteiger partial charge in [-0.25, -0.2) is 4.39 Å². The Labute approximate surface area is 124 Å². The number of benzene rings is 2. The molecule has 0 N–H and O–H groups in total. The zero-order valence-corrected chi connectivity index (χ0v) is 12.5. The minimum atomic E-state index is -0.317. The molecule has 0 aliphatic carbocycles. The Hall–Kier alpha value is -1.00. The van der Waals surface area contributed by atoms with E-state index in [0.29, 0.717) is 18.3 Å². The average molecular weight is 339 g/mol. The lowest BCUT2D eigenvalue weighted by Crippen LogP contribution is -2.10.